The first kappa shape index (κ1) is 13.3. The topological polar surface area (TPSA) is 121 Å². The summed E-state index contributed by atoms with van der Waals surface area (Å²) < 4.78 is 0. The Morgan fingerprint density at radius 3 is 2.06 bits per heavy atom. The van der Waals surface area contributed by atoms with Gasteiger partial charge in [-0.3, -0.25) is 4.79 Å². The molecule has 0 saturated carbocycles. The van der Waals surface area contributed by atoms with Crippen molar-refractivity contribution in [1.29, 1.82) is 0 Å². The van der Waals surface area contributed by atoms with Gasteiger partial charge < -0.3 is 21.1 Å². The molecule has 0 aromatic heterocycles. The van der Waals surface area contributed by atoms with Crippen molar-refractivity contribution >= 4 is 29.4 Å². The number of aliphatic carboxylic acids is 2. The molecule has 0 spiro atoms. The maximum absolute atomic E-state index is 10.8. The molecule has 0 heterocycles. The maximum Gasteiger partial charge on any atom is 0.334 e. The van der Waals surface area contributed by atoms with Crippen LogP contribution in [0.4, 0.5) is 5.69 Å². The Morgan fingerprint density at radius 2 is 1.65 bits per heavy atom. The van der Waals surface area contributed by atoms with E-state index in [0.29, 0.717) is 10.6 Å². The smallest absolute Gasteiger partial charge is 0.334 e. The van der Waals surface area contributed by atoms with Gasteiger partial charge in [-0.05, 0) is 24.3 Å². The number of hydrogen-bond donors (Lipinski definition) is 4. The summed E-state index contributed by atoms with van der Waals surface area (Å²) in [5, 5.41) is 25.2. The predicted octanol–water partition coefficient (Wildman–Crippen LogP) is 0.260. The van der Waals surface area contributed by atoms with E-state index in [4.69, 9.17) is 15.9 Å². The summed E-state index contributed by atoms with van der Waals surface area (Å²) in [5.74, 6) is -2.96. The molecule has 1 aromatic carbocycles. The molecule has 5 N–H and O–H groups in total. The number of anilines is 1. The molecule has 0 aliphatic rings. The zero-order valence-corrected chi connectivity index (χ0v) is 9.42. The van der Waals surface area contributed by atoms with E-state index in [1.54, 1.807) is 24.3 Å². The van der Waals surface area contributed by atoms with E-state index in [9.17, 15) is 14.7 Å². The molecule has 6 nitrogen and oxygen atoms in total. The summed E-state index contributed by atoms with van der Waals surface area (Å²) in [4.78, 5) is 21.9. The number of carbonyl (C=O) groups is 2. The standard InChI is InChI=1S/C10H11NO5S/c11-5-1-3-6(4-2-5)17-8(10(15)16)7(12)9(13)14/h1-4,7-8,12H,11H2,(H,13,14)(H,15,16). The molecule has 0 aliphatic carbocycles. The van der Waals surface area contributed by atoms with Gasteiger partial charge in [0, 0.05) is 10.6 Å². The highest BCUT2D eigenvalue weighted by Crippen LogP contribution is 2.26. The predicted molar refractivity (Wildman–Crippen MR) is 61.8 cm³/mol. The van der Waals surface area contributed by atoms with Crippen molar-refractivity contribution in [2.75, 3.05) is 5.73 Å². The Kier molecular flexibility index (Phi) is 4.36. The van der Waals surface area contributed by atoms with E-state index in [0.717, 1.165) is 11.8 Å². The molecule has 2 unspecified atom stereocenters. The summed E-state index contributed by atoms with van der Waals surface area (Å²) in [6.45, 7) is 0. The molecule has 0 saturated heterocycles. The normalized spacial score (nSPS) is 13.9. The van der Waals surface area contributed by atoms with Crippen LogP contribution in [0.5, 0.6) is 0 Å². The Bertz CT molecular complexity index is 419. The van der Waals surface area contributed by atoms with Crippen LogP contribution < -0.4 is 5.73 Å². The largest absolute Gasteiger partial charge is 0.480 e. The van der Waals surface area contributed by atoms with Gasteiger partial charge in [0.25, 0.3) is 0 Å². The highest BCUT2D eigenvalue weighted by atomic mass is 32.2. The van der Waals surface area contributed by atoms with Gasteiger partial charge in [0.15, 0.2) is 6.10 Å². The van der Waals surface area contributed by atoms with E-state index in [2.05, 4.69) is 0 Å². The molecular formula is C10H11NO5S. The second kappa shape index (κ2) is 5.55. The van der Waals surface area contributed by atoms with Crippen LogP contribution in [0.15, 0.2) is 29.2 Å². The van der Waals surface area contributed by atoms with Gasteiger partial charge >= 0.3 is 11.9 Å². The lowest BCUT2D eigenvalue weighted by Gasteiger charge is -2.14. The van der Waals surface area contributed by atoms with Gasteiger partial charge in [-0.1, -0.05) is 0 Å². The molecule has 1 rings (SSSR count). The number of carboxylic acid groups (broad SMARTS) is 2. The number of nitrogens with two attached hydrogens (primary N) is 1. The van der Waals surface area contributed by atoms with Crippen LogP contribution in [0.25, 0.3) is 0 Å². The molecule has 7 heteroatoms. The lowest BCUT2D eigenvalue weighted by molar-refractivity contribution is -0.152. The van der Waals surface area contributed by atoms with Crippen LogP contribution in [0.2, 0.25) is 0 Å². The monoisotopic (exact) mass is 257 g/mol. The van der Waals surface area contributed by atoms with Crippen molar-refractivity contribution in [1.82, 2.24) is 0 Å². The van der Waals surface area contributed by atoms with Gasteiger partial charge in [0.2, 0.25) is 0 Å². The van der Waals surface area contributed by atoms with Crippen LogP contribution in [-0.4, -0.2) is 38.6 Å². The van der Waals surface area contributed by atoms with Crippen LogP contribution in [0.3, 0.4) is 0 Å². The number of nitrogen functional groups attached to an aromatic ring is 1. The Morgan fingerprint density at radius 1 is 1.12 bits per heavy atom. The van der Waals surface area contributed by atoms with Gasteiger partial charge in [-0.15, -0.1) is 11.8 Å². The first-order valence-electron chi connectivity index (χ1n) is 4.57. The van der Waals surface area contributed by atoms with Crippen LogP contribution >= 0.6 is 11.8 Å². The molecule has 0 bridgehead atoms. The average molecular weight is 257 g/mol. The second-order valence-electron chi connectivity index (χ2n) is 3.23. The first-order valence-corrected chi connectivity index (χ1v) is 5.45. The molecule has 17 heavy (non-hydrogen) atoms. The summed E-state index contributed by atoms with van der Waals surface area (Å²) in [6.07, 6.45) is -1.96. The fourth-order valence-corrected chi connectivity index (χ4v) is 2.00. The second-order valence-corrected chi connectivity index (χ2v) is 4.44. The minimum absolute atomic E-state index is 0.514. The minimum Gasteiger partial charge on any atom is -0.480 e. The van der Waals surface area contributed by atoms with Crippen molar-refractivity contribution in [2.45, 2.75) is 16.2 Å². The number of rotatable bonds is 5. The van der Waals surface area contributed by atoms with E-state index in [1.807, 2.05) is 0 Å². The number of thioether (sulfide) groups is 1. The van der Waals surface area contributed by atoms with E-state index in [1.165, 1.54) is 0 Å². The summed E-state index contributed by atoms with van der Waals surface area (Å²) >= 11 is 0.756. The van der Waals surface area contributed by atoms with E-state index >= 15 is 0 Å². The third-order valence-electron chi connectivity index (χ3n) is 1.93. The molecule has 0 aliphatic heterocycles. The lowest BCUT2D eigenvalue weighted by atomic mass is 10.2. The van der Waals surface area contributed by atoms with Crippen molar-refractivity contribution in [3.63, 3.8) is 0 Å². The maximum atomic E-state index is 10.8. The van der Waals surface area contributed by atoms with Crippen LogP contribution in [-0.2, 0) is 9.59 Å². The number of carboxylic acids is 2. The molecular weight excluding hydrogens is 246 g/mol. The zero-order valence-electron chi connectivity index (χ0n) is 8.61. The molecule has 1 aromatic rings. The number of hydrogen-bond acceptors (Lipinski definition) is 5. The van der Waals surface area contributed by atoms with Gasteiger partial charge in [0.05, 0.1) is 0 Å². The summed E-state index contributed by atoms with van der Waals surface area (Å²) in [7, 11) is 0. The average Bonchev–Trinajstić information content (AvgIpc) is 2.26. The molecule has 92 valence electrons. The fourth-order valence-electron chi connectivity index (χ4n) is 1.07. The van der Waals surface area contributed by atoms with Crippen molar-refractivity contribution in [3.05, 3.63) is 24.3 Å². The quantitative estimate of drug-likeness (QED) is 0.441. The number of aliphatic hydroxyl groups excluding tert-OH is 1. The van der Waals surface area contributed by atoms with Gasteiger partial charge in [0.1, 0.15) is 5.25 Å². The fraction of sp³-hybridized carbons (Fsp3) is 0.200. The highest BCUT2D eigenvalue weighted by molar-refractivity contribution is 8.00. The summed E-state index contributed by atoms with van der Waals surface area (Å²) in [5.41, 5.74) is 5.97. The lowest BCUT2D eigenvalue weighted by Crippen LogP contribution is -2.37. The molecule has 2 atom stereocenters. The third-order valence-corrected chi connectivity index (χ3v) is 3.18. The summed E-state index contributed by atoms with van der Waals surface area (Å²) in [6, 6.07) is 6.25. The minimum atomic E-state index is -1.96. The molecule has 0 fully saturated rings. The highest BCUT2D eigenvalue weighted by Gasteiger charge is 2.32. The van der Waals surface area contributed by atoms with E-state index < -0.39 is 23.3 Å². The van der Waals surface area contributed by atoms with Crippen LogP contribution in [0, 0.1) is 0 Å². The Labute approximate surface area is 101 Å². The Balaban J connectivity index is 2.84. The number of benzene rings is 1. The SMILES string of the molecule is Nc1ccc(SC(C(=O)O)C(O)C(=O)O)cc1. The molecule has 0 radical (unpaired) electrons. The van der Waals surface area contributed by atoms with Gasteiger partial charge in [-0.25, -0.2) is 4.79 Å². The van der Waals surface area contributed by atoms with Crippen molar-refractivity contribution in [2.24, 2.45) is 0 Å². The van der Waals surface area contributed by atoms with Crippen molar-refractivity contribution in [3.8, 4) is 0 Å². The van der Waals surface area contributed by atoms with Crippen molar-refractivity contribution < 1.29 is 24.9 Å². The van der Waals surface area contributed by atoms with Gasteiger partial charge in [-0.2, -0.15) is 0 Å². The first-order chi connectivity index (χ1) is 7.91. The third kappa shape index (κ3) is 3.65. The van der Waals surface area contributed by atoms with E-state index in [-0.39, 0.29) is 0 Å². The number of aliphatic hydroxyl groups is 1. The molecule has 0 amide bonds. The Hall–Kier alpha value is -1.73. The zero-order chi connectivity index (χ0) is 13.0. The van der Waals surface area contributed by atoms with Crippen LogP contribution in [0.1, 0.15) is 0 Å².